The number of aromatic nitrogens is 2. The van der Waals surface area contributed by atoms with Crippen LogP contribution < -0.4 is 0 Å². The van der Waals surface area contributed by atoms with Gasteiger partial charge in [0.05, 0.1) is 22.6 Å². The summed E-state index contributed by atoms with van der Waals surface area (Å²) in [5.41, 5.74) is 3.82. The van der Waals surface area contributed by atoms with Crippen molar-refractivity contribution < 1.29 is 0 Å². The van der Waals surface area contributed by atoms with Gasteiger partial charge in [0.25, 0.3) is 0 Å². The number of para-hydroxylation sites is 2. The smallest absolute Gasteiger partial charge is 0.142 e. The average molecular weight is 388 g/mol. The Hall–Kier alpha value is -2.00. The second-order valence-electron chi connectivity index (χ2n) is 5.73. The molecule has 1 aromatic heterocycles. The fourth-order valence-electron chi connectivity index (χ4n) is 2.90. The molecule has 0 spiro atoms. The van der Waals surface area contributed by atoms with Gasteiger partial charge in [0.2, 0.25) is 0 Å². The number of hydrogen-bond acceptors (Lipinski definition) is 1. The van der Waals surface area contributed by atoms with Crippen LogP contribution in [-0.4, -0.2) is 9.55 Å². The lowest BCUT2D eigenvalue weighted by Crippen LogP contribution is -2.03. The van der Waals surface area contributed by atoms with Crippen molar-refractivity contribution in [3.8, 4) is 11.4 Å². The summed E-state index contributed by atoms with van der Waals surface area (Å²) >= 11 is 18.8. The number of benzene rings is 3. The number of hydrogen-bond donors (Lipinski definition) is 0. The van der Waals surface area contributed by atoms with Gasteiger partial charge in [0.1, 0.15) is 5.82 Å². The molecule has 0 aliphatic rings. The Morgan fingerprint density at radius 2 is 1.56 bits per heavy atom. The molecule has 0 N–H and O–H groups in total. The Morgan fingerprint density at radius 3 is 2.36 bits per heavy atom. The van der Waals surface area contributed by atoms with Gasteiger partial charge in [-0.2, -0.15) is 0 Å². The second-order valence-corrected chi connectivity index (χ2v) is 6.98. The molecule has 0 aliphatic carbocycles. The van der Waals surface area contributed by atoms with Crippen LogP contribution >= 0.6 is 34.8 Å². The van der Waals surface area contributed by atoms with Gasteiger partial charge in [-0.1, -0.05) is 65.1 Å². The summed E-state index contributed by atoms with van der Waals surface area (Å²) in [4.78, 5) is 4.80. The Labute approximate surface area is 160 Å². The maximum absolute atomic E-state index is 6.42. The zero-order valence-corrected chi connectivity index (χ0v) is 15.4. The van der Waals surface area contributed by atoms with E-state index in [1.807, 2.05) is 60.7 Å². The molecule has 0 unspecified atom stereocenters. The van der Waals surface area contributed by atoms with Crippen LogP contribution in [0, 0.1) is 0 Å². The van der Waals surface area contributed by atoms with Gasteiger partial charge in [0, 0.05) is 15.6 Å². The van der Waals surface area contributed by atoms with Gasteiger partial charge >= 0.3 is 0 Å². The average Bonchev–Trinajstić information content (AvgIpc) is 2.96. The summed E-state index contributed by atoms with van der Waals surface area (Å²) in [6.45, 7) is 0.580. The number of fused-ring (bicyclic) bond motifs is 1. The summed E-state index contributed by atoms with van der Waals surface area (Å²) in [6, 6.07) is 21.3. The summed E-state index contributed by atoms with van der Waals surface area (Å²) in [7, 11) is 0. The molecule has 4 rings (SSSR count). The third kappa shape index (κ3) is 3.13. The van der Waals surface area contributed by atoms with E-state index in [0.717, 1.165) is 28.0 Å². The quantitative estimate of drug-likeness (QED) is 0.382. The highest BCUT2D eigenvalue weighted by molar-refractivity contribution is 6.35. The van der Waals surface area contributed by atoms with Crippen molar-refractivity contribution in [2.75, 3.05) is 0 Å². The minimum atomic E-state index is 0.580. The van der Waals surface area contributed by atoms with Crippen molar-refractivity contribution in [2.24, 2.45) is 0 Å². The van der Waals surface area contributed by atoms with Crippen molar-refractivity contribution in [3.63, 3.8) is 0 Å². The minimum absolute atomic E-state index is 0.580. The highest BCUT2D eigenvalue weighted by Crippen LogP contribution is 2.32. The van der Waals surface area contributed by atoms with E-state index in [2.05, 4.69) is 4.57 Å². The van der Waals surface area contributed by atoms with Gasteiger partial charge in [-0.25, -0.2) is 4.98 Å². The van der Waals surface area contributed by atoms with Crippen molar-refractivity contribution in [2.45, 2.75) is 6.54 Å². The highest BCUT2D eigenvalue weighted by atomic mass is 35.5. The molecule has 1 heterocycles. The molecule has 0 bridgehead atoms. The summed E-state index contributed by atoms with van der Waals surface area (Å²) in [5.74, 6) is 0.817. The molecular formula is C20H13Cl3N2. The van der Waals surface area contributed by atoms with E-state index < -0.39 is 0 Å². The normalized spacial score (nSPS) is 11.2. The van der Waals surface area contributed by atoms with E-state index in [-0.39, 0.29) is 0 Å². The molecule has 0 saturated carbocycles. The zero-order chi connectivity index (χ0) is 17.4. The van der Waals surface area contributed by atoms with Crippen molar-refractivity contribution >= 4 is 45.8 Å². The fourth-order valence-corrected chi connectivity index (χ4v) is 3.59. The van der Waals surface area contributed by atoms with Crippen molar-refractivity contribution in [1.29, 1.82) is 0 Å². The first kappa shape index (κ1) is 16.5. The molecular weight excluding hydrogens is 375 g/mol. The Bertz CT molecular complexity index is 1070. The van der Waals surface area contributed by atoms with Gasteiger partial charge < -0.3 is 4.57 Å². The molecule has 5 heteroatoms. The first-order valence-electron chi connectivity index (χ1n) is 7.77. The first-order valence-corrected chi connectivity index (χ1v) is 8.91. The molecule has 124 valence electrons. The number of rotatable bonds is 3. The SMILES string of the molecule is Clc1ccc(Cn2c(-c3ccccc3Cl)nc3ccccc32)c(Cl)c1. The van der Waals surface area contributed by atoms with Gasteiger partial charge in [0.15, 0.2) is 0 Å². The van der Waals surface area contributed by atoms with Crippen LogP contribution in [-0.2, 0) is 6.54 Å². The van der Waals surface area contributed by atoms with Gasteiger partial charge in [-0.3, -0.25) is 0 Å². The van der Waals surface area contributed by atoms with E-state index in [4.69, 9.17) is 39.8 Å². The maximum Gasteiger partial charge on any atom is 0.142 e. The maximum atomic E-state index is 6.42. The van der Waals surface area contributed by atoms with Crippen LogP contribution in [0.15, 0.2) is 66.7 Å². The summed E-state index contributed by atoms with van der Waals surface area (Å²) in [6.07, 6.45) is 0. The van der Waals surface area contributed by atoms with E-state index >= 15 is 0 Å². The number of halogens is 3. The fraction of sp³-hybridized carbons (Fsp3) is 0.0500. The van der Waals surface area contributed by atoms with Crippen molar-refractivity contribution in [1.82, 2.24) is 9.55 Å². The van der Waals surface area contributed by atoms with Crippen LogP contribution in [0.3, 0.4) is 0 Å². The van der Waals surface area contributed by atoms with E-state index in [1.54, 1.807) is 6.07 Å². The Balaban J connectivity index is 1.92. The highest BCUT2D eigenvalue weighted by Gasteiger charge is 2.16. The van der Waals surface area contributed by atoms with Crippen LogP contribution in [0.4, 0.5) is 0 Å². The lowest BCUT2D eigenvalue weighted by atomic mass is 10.2. The predicted molar refractivity (Wildman–Crippen MR) is 106 cm³/mol. The third-order valence-electron chi connectivity index (χ3n) is 4.11. The van der Waals surface area contributed by atoms with Gasteiger partial charge in [-0.15, -0.1) is 0 Å². The zero-order valence-electron chi connectivity index (χ0n) is 13.1. The molecule has 0 aliphatic heterocycles. The van der Waals surface area contributed by atoms with E-state index in [1.165, 1.54) is 0 Å². The second kappa shape index (κ2) is 6.72. The molecule has 0 fully saturated rings. The van der Waals surface area contributed by atoms with Crippen molar-refractivity contribution in [3.05, 3.63) is 87.4 Å². The number of imidazole rings is 1. The third-order valence-corrected chi connectivity index (χ3v) is 5.03. The van der Waals surface area contributed by atoms with Crippen LogP contribution in [0.25, 0.3) is 22.4 Å². The Kier molecular flexibility index (Phi) is 4.43. The molecule has 0 radical (unpaired) electrons. The first-order chi connectivity index (χ1) is 12.1. The summed E-state index contributed by atoms with van der Waals surface area (Å²) in [5, 5.41) is 1.92. The van der Waals surface area contributed by atoms with Gasteiger partial charge in [-0.05, 0) is 42.0 Å². The van der Waals surface area contributed by atoms with E-state index in [9.17, 15) is 0 Å². The summed E-state index contributed by atoms with van der Waals surface area (Å²) < 4.78 is 2.13. The topological polar surface area (TPSA) is 17.8 Å². The lowest BCUT2D eigenvalue weighted by Gasteiger charge is -2.12. The minimum Gasteiger partial charge on any atom is -0.319 e. The molecule has 25 heavy (non-hydrogen) atoms. The Morgan fingerprint density at radius 1 is 0.800 bits per heavy atom. The van der Waals surface area contributed by atoms with E-state index in [0.29, 0.717) is 21.6 Å². The molecule has 0 atom stereocenters. The van der Waals surface area contributed by atoms with Crippen LogP contribution in [0.2, 0.25) is 15.1 Å². The standard InChI is InChI=1S/C20H13Cl3N2/c21-14-10-9-13(17(23)11-14)12-25-19-8-4-3-7-18(19)24-20(25)15-5-1-2-6-16(15)22/h1-11H,12H2. The largest absolute Gasteiger partial charge is 0.319 e. The molecule has 2 nitrogen and oxygen atoms in total. The monoisotopic (exact) mass is 386 g/mol. The predicted octanol–water partition coefficient (Wildman–Crippen LogP) is 6.71. The lowest BCUT2D eigenvalue weighted by molar-refractivity contribution is 0.834. The molecule has 4 aromatic rings. The molecule has 0 saturated heterocycles. The molecule has 0 amide bonds. The van der Waals surface area contributed by atoms with Crippen LogP contribution in [0.1, 0.15) is 5.56 Å². The molecule has 3 aromatic carbocycles. The number of nitrogens with zero attached hydrogens (tertiary/aromatic N) is 2. The van der Waals surface area contributed by atoms with Crippen LogP contribution in [0.5, 0.6) is 0 Å².